The van der Waals surface area contributed by atoms with Crippen LogP contribution in [0.15, 0.2) is 62.4 Å². The number of furan rings is 1. The number of hydrogen-bond acceptors (Lipinski definition) is 8. The van der Waals surface area contributed by atoms with Crippen molar-refractivity contribution in [3.05, 3.63) is 63.7 Å². The summed E-state index contributed by atoms with van der Waals surface area (Å²) in [6.45, 7) is 9.35. The Bertz CT molecular complexity index is 1390. The van der Waals surface area contributed by atoms with E-state index in [9.17, 15) is 13.2 Å². The largest absolute Gasteiger partial charge is 0.464 e. The Kier molecular flexibility index (Phi) is 8.79. The van der Waals surface area contributed by atoms with Gasteiger partial charge in [-0.25, -0.2) is 13.4 Å². The molecule has 1 aromatic carbocycles. The molecule has 4 rings (SSSR count). The lowest BCUT2D eigenvalue weighted by atomic mass is 10.1. The van der Waals surface area contributed by atoms with Gasteiger partial charge < -0.3 is 9.32 Å². The highest BCUT2D eigenvalue weighted by molar-refractivity contribution is 7.89. The van der Waals surface area contributed by atoms with E-state index in [4.69, 9.17) is 4.42 Å². The molecule has 198 valence electrons. The maximum absolute atomic E-state index is 14.3. The van der Waals surface area contributed by atoms with E-state index < -0.39 is 16.1 Å². The zero-order valence-corrected chi connectivity index (χ0v) is 23.9. The number of carbonyl (C=O) groups is 1. The lowest BCUT2D eigenvalue weighted by Gasteiger charge is -2.35. The number of thiazole rings is 2. The molecule has 0 aliphatic heterocycles. The van der Waals surface area contributed by atoms with E-state index in [2.05, 4.69) is 37.7 Å². The van der Waals surface area contributed by atoms with E-state index in [1.54, 1.807) is 40.3 Å². The van der Waals surface area contributed by atoms with Crippen molar-refractivity contribution in [2.45, 2.75) is 51.6 Å². The third-order valence-electron chi connectivity index (χ3n) is 5.83. The van der Waals surface area contributed by atoms with E-state index in [1.807, 2.05) is 5.38 Å². The van der Waals surface area contributed by atoms with Gasteiger partial charge in [-0.05, 0) is 36.1 Å². The minimum Gasteiger partial charge on any atom is -0.464 e. The number of fused-ring (bicyclic) bond motifs is 1. The van der Waals surface area contributed by atoms with Gasteiger partial charge in [0, 0.05) is 41.4 Å². The van der Waals surface area contributed by atoms with E-state index >= 15 is 0 Å². The number of sulfonamides is 1. The van der Waals surface area contributed by atoms with E-state index in [0.29, 0.717) is 29.8 Å². The smallest absolute Gasteiger partial charge is 0.244 e. The van der Waals surface area contributed by atoms with Crippen LogP contribution in [0, 0.1) is 11.8 Å². The zero-order valence-electron chi connectivity index (χ0n) is 21.4. The van der Waals surface area contributed by atoms with E-state index in [1.165, 1.54) is 39.3 Å². The Morgan fingerprint density at radius 2 is 1.84 bits per heavy atom. The molecule has 0 bridgehead atoms. The second-order valence-electron chi connectivity index (χ2n) is 9.87. The van der Waals surface area contributed by atoms with Crippen molar-refractivity contribution in [3.8, 4) is 0 Å². The molecule has 0 fully saturated rings. The van der Waals surface area contributed by atoms with Crippen molar-refractivity contribution in [2.75, 3.05) is 13.1 Å². The van der Waals surface area contributed by atoms with Gasteiger partial charge in [0.1, 0.15) is 11.6 Å². The fourth-order valence-corrected chi connectivity index (χ4v) is 7.11. The van der Waals surface area contributed by atoms with Crippen LogP contribution in [0.4, 0.5) is 0 Å². The Hall–Kier alpha value is -2.60. The van der Waals surface area contributed by atoms with Gasteiger partial charge in [0.25, 0.3) is 0 Å². The van der Waals surface area contributed by atoms with Crippen LogP contribution in [0.2, 0.25) is 0 Å². The zero-order chi connectivity index (χ0) is 26.6. The molecule has 0 spiro atoms. The Labute approximate surface area is 226 Å². The van der Waals surface area contributed by atoms with Crippen molar-refractivity contribution in [3.63, 3.8) is 0 Å². The Morgan fingerprint density at radius 3 is 2.46 bits per heavy atom. The van der Waals surface area contributed by atoms with Crippen molar-refractivity contribution in [2.24, 2.45) is 11.8 Å². The number of nitrogens with zero attached hydrogens (tertiary/aromatic N) is 4. The molecule has 0 saturated carbocycles. The minimum atomic E-state index is -4.09. The molecule has 0 N–H and O–H groups in total. The highest BCUT2D eigenvalue weighted by atomic mass is 32.2. The summed E-state index contributed by atoms with van der Waals surface area (Å²) >= 11 is 2.79. The lowest BCUT2D eigenvalue weighted by molar-refractivity contribution is -0.136. The van der Waals surface area contributed by atoms with Crippen LogP contribution in [0.1, 0.15) is 38.3 Å². The predicted octanol–water partition coefficient (Wildman–Crippen LogP) is 5.29. The summed E-state index contributed by atoms with van der Waals surface area (Å²) in [4.78, 5) is 25.4. The predicted molar refractivity (Wildman–Crippen MR) is 147 cm³/mol. The molecule has 3 heterocycles. The first-order valence-electron chi connectivity index (χ1n) is 12.2. The van der Waals surface area contributed by atoms with Crippen LogP contribution in [-0.4, -0.2) is 52.6 Å². The molecule has 3 aromatic heterocycles. The highest BCUT2D eigenvalue weighted by Crippen LogP contribution is 2.28. The molecular weight excluding hydrogens is 529 g/mol. The second-order valence-corrected chi connectivity index (χ2v) is 13.4. The topological polar surface area (TPSA) is 96.6 Å². The SMILES string of the molecule is CC(C)CN(CC(C)C)C(=O)[C@H](Cc1cscn1)N(Cc1cncs1)S(=O)(=O)c1ccc2occc2c1. The van der Waals surface area contributed by atoms with Crippen LogP contribution >= 0.6 is 22.7 Å². The van der Waals surface area contributed by atoms with Crippen LogP contribution in [0.5, 0.6) is 0 Å². The molecule has 4 aromatic rings. The summed E-state index contributed by atoms with van der Waals surface area (Å²) in [5.41, 5.74) is 4.65. The molecule has 0 aliphatic carbocycles. The summed E-state index contributed by atoms with van der Waals surface area (Å²) in [7, 11) is -4.09. The van der Waals surface area contributed by atoms with Gasteiger partial charge in [0.05, 0.1) is 34.4 Å². The molecule has 8 nitrogen and oxygen atoms in total. The molecule has 1 atom stereocenters. The molecule has 0 saturated heterocycles. The average molecular weight is 561 g/mol. The minimum absolute atomic E-state index is 0.0359. The molecule has 0 radical (unpaired) electrons. The quantitative estimate of drug-likeness (QED) is 0.234. The normalized spacial score (nSPS) is 13.2. The summed E-state index contributed by atoms with van der Waals surface area (Å²) in [5, 5.41) is 2.55. The van der Waals surface area contributed by atoms with Crippen molar-refractivity contribution >= 4 is 49.6 Å². The average Bonchev–Trinajstić information content (AvgIpc) is 3.62. The third-order valence-corrected chi connectivity index (χ3v) is 9.08. The number of benzene rings is 1. The van der Waals surface area contributed by atoms with Crippen molar-refractivity contribution < 1.29 is 17.6 Å². The van der Waals surface area contributed by atoms with Gasteiger partial charge in [-0.1, -0.05) is 27.7 Å². The standard InChI is InChI=1S/C26H32N4O4S3/c1-18(2)12-29(13-19(3)4)26(31)24(10-21-15-35-17-28-21)30(14-22-11-27-16-36-22)37(32,33)23-5-6-25-20(9-23)7-8-34-25/h5-9,11,15-19,24H,10,12-14H2,1-4H3/t24-/m0/s1. The van der Waals surface area contributed by atoms with E-state index in [0.717, 1.165) is 4.88 Å². The molecular formula is C26H32N4O4S3. The van der Waals surface area contributed by atoms with Gasteiger partial charge in [-0.3, -0.25) is 9.78 Å². The first kappa shape index (κ1) is 27.4. The summed E-state index contributed by atoms with van der Waals surface area (Å²) < 4.78 is 35.3. The van der Waals surface area contributed by atoms with Crippen LogP contribution in [-0.2, 0) is 27.8 Å². The lowest BCUT2D eigenvalue weighted by Crippen LogP contribution is -2.53. The molecule has 0 unspecified atom stereocenters. The van der Waals surface area contributed by atoms with Gasteiger partial charge in [0.15, 0.2) is 0 Å². The van der Waals surface area contributed by atoms with Crippen molar-refractivity contribution in [1.29, 1.82) is 0 Å². The summed E-state index contributed by atoms with van der Waals surface area (Å²) in [5.74, 6) is 0.253. The number of rotatable bonds is 12. The maximum atomic E-state index is 14.3. The van der Waals surface area contributed by atoms with Gasteiger partial charge >= 0.3 is 0 Å². The fraction of sp³-hybridized carbons (Fsp3) is 0.423. The van der Waals surface area contributed by atoms with Crippen LogP contribution in [0.3, 0.4) is 0 Å². The Balaban J connectivity index is 1.82. The Morgan fingerprint density at radius 1 is 1.08 bits per heavy atom. The number of aromatic nitrogens is 2. The molecule has 0 aliphatic rings. The van der Waals surface area contributed by atoms with Gasteiger partial charge in [0.2, 0.25) is 15.9 Å². The summed E-state index contributed by atoms with van der Waals surface area (Å²) in [6.07, 6.45) is 3.36. The van der Waals surface area contributed by atoms with Crippen LogP contribution < -0.4 is 0 Å². The first-order chi connectivity index (χ1) is 17.6. The van der Waals surface area contributed by atoms with Gasteiger partial charge in [-0.2, -0.15) is 4.31 Å². The fourth-order valence-electron chi connectivity index (χ4n) is 4.27. The van der Waals surface area contributed by atoms with Gasteiger partial charge in [-0.15, -0.1) is 22.7 Å². The number of hydrogen-bond donors (Lipinski definition) is 0. The maximum Gasteiger partial charge on any atom is 0.244 e. The molecule has 11 heteroatoms. The third kappa shape index (κ3) is 6.64. The number of carbonyl (C=O) groups excluding carboxylic acids is 1. The molecule has 1 amide bonds. The van der Waals surface area contributed by atoms with Crippen molar-refractivity contribution in [1.82, 2.24) is 19.2 Å². The highest BCUT2D eigenvalue weighted by Gasteiger charge is 2.39. The molecule has 37 heavy (non-hydrogen) atoms. The number of amides is 1. The first-order valence-corrected chi connectivity index (χ1v) is 15.4. The summed E-state index contributed by atoms with van der Waals surface area (Å²) in [6, 6.07) is 5.54. The monoisotopic (exact) mass is 560 g/mol. The van der Waals surface area contributed by atoms with E-state index in [-0.39, 0.29) is 35.6 Å². The van der Waals surface area contributed by atoms with Crippen LogP contribution in [0.25, 0.3) is 11.0 Å². The second kappa shape index (κ2) is 11.8.